The quantitative estimate of drug-likeness (QED) is 0.463. The van der Waals surface area contributed by atoms with Crippen molar-refractivity contribution in [1.29, 1.82) is 0 Å². The van der Waals surface area contributed by atoms with Crippen LogP contribution >= 0.6 is 35.0 Å². The number of carbonyl (C=O) groups excluding carboxylic acids is 2. The Morgan fingerprint density at radius 1 is 1.06 bits per heavy atom. The van der Waals surface area contributed by atoms with Crippen LogP contribution in [0, 0.1) is 6.92 Å². The van der Waals surface area contributed by atoms with Gasteiger partial charge in [-0.2, -0.15) is 0 Å². The zero-order valence-corrected chi connectivity index (χ0v) is 21.0. The van der Waals surface area contributed by atoms with Gasteiger partial charge in [-0.15, -0.1) is 11.8 Å². The minimum Gasteiger partial charge on any atom is -0.350 e. The minimum absolute atomic E-state index is 0.0813. The smallest absolute Gasteiger partial charge is 0.242 e. The van der Waals surface area contributed by atoms with Crippen LogP contribution in [-0.2, 0) is 16.1 Å². The molecule has 0 aromatic heterocycles. The van der Waals surface area contributed by atoms with E-state index in [9.17, 15) is 9.59 Å². The van der Waals surface area contributed by atoms with E-state index in [1.54, 1.807) is 35.7 Å². The van der Waals surface area contributed by atoms with Gasteiger partial charge in [-0.05, 0) is 64.4 Å². The third-order valence-electron chi connectivity index (χ3n) is 4.61. The van der Waals surface area contributed by atoms with Gasteiger partial charge in [-0.3, -0.25) is 9.59 Å². The van der Waals surface area contributed by atoms with Gasteiger partial charge in [0.25, 0.3) is 0 Å². The number of halogens is 2. The highest BCUT2D eigenvalue weighted by Crippen LogP contribution is 2.25. The first-order chi connectivity index (χ1) is 14.5. The van der Waals surface area contributed by atoms with Crippen molar-refractivity contribution in [2.45, 2.75) is 64.1 Å². The number of hydrogen-bond acceptors (Lipinski definition) is 3. The predicted molar refractivity (Wildman–Crippen MR) is 131 cm³/mol. The zero-order chi connectivity index (χ0) is 23.2. The van der Waals surface area contributed by atoms with E-state index < -0.39 is 6.04 Å². The zero-order valence-electron chi connectivity index (χ0n) is 18.7. The predicted octanol–water partition coefficient (Wildman–Crippen LogP) is 6.12. The summed E-state index contributed by atoms with van der Waals surface area (Å²) in [7, 11) is 0. The Morgan fingerprint density at radius 3 is 2.29 bits per heavy atom. The van der Waals surface area contributed by atoms with Crippen LogP contribution in [0.4, 0.5) is 0 Å². The molecule has 0 fully saturated rings. The summed E-state index contributed by atoms with van der Waals surface area (Å²) >= 11 is 13.8. The Balaban J connectivity index is 2.12. The fourth-order valence-corrected chi connectivity index (χ4v) is 4.09. The summed E-state index contributed by atoms with van der Waals surface area (Å²) in [5.41, 5.74) is 1.64. The second kappa shape index (κ2) is 11.3. The van der Waals surface area contributed by atoms with E-state index in [1.165, 1.54) is 5.56 Å². The topological polar surface area (TPSA) is 49.4 Å². The molecule has 0 saturated heterocycles. The maximum Gasteiger partial charge on any atom is 0.242 e. The summed E-state index contributed by atoms with van der Waals surface area (Å²) in [6, 6.07) is 12.9. The molecule has 0 saturated carbocycles. The van der Waals surface area contributed by atoms with Crippen LogP contribution in [0.3, 0.4) is 0 Å². The molecule has 168 valence electrons. The van der Waals surface area contributed by atoms with Crippen LogP contribution < -0.4 is 5.32 Å². The lowest BCUT2D eigenvalue weighted by atomic mass is 10.1. The molecule has 31 heavy (non-hydrogen) atoms. The van der Waals surface area contributed by atoms with Gasteiger partial charge >= 0.3 is 0 Å². The molecule has 1 atom stereocenters. The maximum atomic E-state index is 13.1. The molecule has 0 radical (unpaired) electrons. The Kier molecular flexibility index (Phi) is 9.28. The first kappa shape index (κ1) is 25.6. The second-order valence-corrected chi connectivity index (χ2v) is 10.6. The first-order valence-electron chi connectivity index (χ1n) is 10.2. The van der Waals surface area contributed by atoms with Crippen LogP contribution in [0.25, 0.3) is 0 Å². The van der Waals surface area contributed by atoms with Crippen molar-refractivity contribution in [1.82, 2.24) is 10.2 Å². The highest BCUT2D eigenvalue weighted by molar-refractivity contribution is 7.99. The third kappa shape index (κ3) is 8.40. The molecule has 2 aromatic carbocycles. The molecule has 1 N–H and O–H groups in total. The van der Waals surface area contributed by atoms with E-state index in [-0.39, 0.29) is 23.9 Å². The highest BCUT2D eigenvalue weighted by atomic mass is 35.5. The lowest BCUT2D eigenvalue weighted by Crippen LogP contribution is -2.52. The SMILES string of the molecule is Cc1ccc(SCCC(=O)N(Cc2ccc(Cl)c(Cl)c2)C(C)C(=O)NC(C)(C)C)cc1. The summed E-state index contributed by atoms with van der Waals surface area (Å²) in [4.78, 5) is 28.6. The summed E-state index contributed by atoms with van der Waals surface area (Å²) in [5.74, 6) is 0.363. The van der Waals surface area contributed by atoms with Crippen molar-refractivity contribution in [3.63, 3.8) is 0 Å². The molecule has 0 bridgehead atoms. The van der Waals surface area contributed by atoms with Gasteiger partial charge in [-0.25, -0.2) is 0 Å². The van der Waals surface area contributed by atoms with Crippen molar-refractivity contribution in [2.24, 2.45) is 0 Å². The van der Waals surface area contributed by atoms with Gasteiger partial charge < -0.3 is 10.2 Å². The Bertz CT molecular complexity index is 911. The number of nitrogens with zero attached hydrogens (tertiary/aromatic N) is 1. The second-order valence-electron chi connectivity index (χ2n) is 8.60. The summed E-state index contributed by atoms with van der Waals surface area (Å²) in [5, 5.41) is 3.84. The van der Waals surface area contributed by atoms with E-state index in [0.717, 1.165) is 10.5 Å². The Hall–Kier alpha value is -1.69. The molecule has 1 unspecified atom stereocenters. The monoisotopic (exact) mass is 480 g/mol. The number of carbonyl (C=O) groups is 2. The van der Waals surface area contributed by atoms with Crippen LogP contribution in [0.15, 0.2) is 47.4 Å². The number of nitrogens with one attached hydrogen (secondary N) is 1. The van der Waals surface area contributed by atoms with Gasteiger partial charge in [0.1, 0.15) is 6.04 Å². The van der Waals surface area contributed by atoms with Crippen molar-refractivity contribution in [3.05, 3.63) is 63.6 Å². The number of hydrogen-bond donors (Lipinski definition) is 1. The van der Waals surface area contributed by atoms with Crippen molar-refractivity contribution >= 4 is 46.8 Å². The lowest BCUT2D eigenvalue weighted by molar-refractivity contribution is -0.140. The minimum atomic E-state index is -0.620. The number of benzene rings is 2. The molecular weight excluding hydrogens is 451 g/mol. The number of aryl methyl sites for hydroxylation is 1. The van der Waals surface area contributed by atoms with E-state index in [2.05, 4.69) is 29.6 Å². The number of thioether (sulfide) groups is 1. The highest BCUT2D eigenvalue weighted by Gasteiger charge is 2.28. The van der Waals surface area contributed by atoms with Crippen molar-refractivity contribution in [3.8, 4) is 0 Å². The Morgan fingerprint density at radius 2 is 1.71 bits per heavy atom. The van der Waals surface area contributed by atoms with Gasteiger partial charge in [0.05, 0.1) is 10.0 Å². The molecule has 2 amide bonds. The van der Waals surface area contributed by atoms with Gasteiger partial charge in [0.2, 0.25) is 11.8 Å². The molecular formula is C24H30Cl2N2O2S. The lowest BCUT2D eigenvalue weighted by Gasteiger charge is -2.31. The number of rotatable bonds is 8. The van der Waals surface area contributed by atoms with Gasteiger partial charge in [0.15, 0.2) is 0 Å². The van der Waals surface area contributed by atoms with Crippen LogP contribution in [0.1, 0.15) is 45.2 Å². The molecule has 0 heterocycles. The van der Waals surface area contributed by atoms with Crippen LogP contribution in [-0.4, -0.2) is 34.0 Å². The molecule has 2 aromatic rings. The summed E-state index contributed by atoms with van der Waals surface area (Å²) in [6.45, 7) is 9.83. The largest absolute Gasteiger partial charge is 0.350 e. The molecule has 2 rings (SSSR count). The number of amides is 2. The first-order valence-corrected chi connectivity index (χ1v) is 12.0. The molecule has 0 aliphatic carbocycles. The fraction of sp³-hybridized carbons (Fsp3) is 0.417. The van der Waals surface area contributed by atoms with E-state index in [1.807, 2.05) is 33.8 Å². The molecule has 7 heteroatoms. The van der Waals surface area contributed by atoms with Gasteiger partial charge in [0, 0.05) is 29.2 Å². The van der Waals surface area contributed by atoms with Crippen molar-refractivity contribution < 1.29 is 9.59 Å². The van der Waals surface area contributed by atoms with E-state index in [4.69, 9.17) is 23.2 Å². The standard InChI is InChI=1S/C24H30Cl2N2O2S/c1-16-6-9-19(10-7-16)31-13-12-22(29)28(17(2)23(30)27-24(3,4)5)15-18-8-11-20(25)21(26)14-18/h6-11,14,17H,12-13,15H2,1-5H3,(H,27,30). The normalized spacial score (nSPS) is 12.4. The third-order valence-corrected chi connectivity index (χ3v) is 6.36. The van der Waals surface area contributed by atoms with Crippen molar-refractivity contribution in [2.75, 3.05) is 5.75 Å². The molecule has 0 aliphatic rings. The van der Waals surface area contributed by atoms with Crippen LogP contribution in [0.5, 0.6) is 0 Å². The summed E-state index contributed by atoms with van der Waals surface area (Å²) < 4.78 is 0. The summed E-state index contributed by atoms with van der Waals surface area (Å²) in [6.07, 6.45) is 0.326. The van der Waals surface area contributed by atoms with E-state index >= 15 is 0 Å². The fourth-order valence-electron chi connectivity index (χ4n) is 2.93. The molecule has 4 nitrogen and oxygen atoms in total. The average Bonchev–Trinajstić information content (AvgIpc) is 2.68. The van der Waals surface area contributed by atoms with Gasteiger partial charge in [-0.1, -0.05) is 47.0 Å². The maximum absolute atomic E-state index is 13.1. The Labute approximate surface area is 199 Å². The average molecular weight is 481 g/mol. The van der Waals surface area contributed by atoms with Crippen LogP contribution in [0.2, 0.25) is 10.0 Å². The van der Waals surface area contributed by atoms with E-state index in [0.29, 0.717) is 22.2 Å². The molecule has 0 aliphatic heterocycles. The molecule has 0 spiro atoms.